The zero-order valence-electron chi connectivity index (χ0n) is 30.8. The number of hydrogen-bond acceptors (Lipinski definition) is 6. The maximum absolute atomic E-state index is 12.4. The summed E-state index contributed by atoms with van der Waals surface area (Å²) in [5, 5.41) is 0. The first-order chi connectivity index (χ1) is 23.8. The van der Waals surface area contributed by atoms with Gasteiger partial charge in [0.15, 0.2) is 6.10 Å². The molecule has 1 atom stereocenters. The van der Waals surface area contributed by atoms with Crippen molar-refractivity contribution in [3.8, 4) is 0 Å². The van der Waals surface area contributed by atoms with E-state index in [0.29, 0.717) is 12.8 Å². The Hall–Kier alpha value is -2.25. The van der Waals surface area contributed by atoms with E-state index in [1.165, 1.54) is 44.9 Å². The Labute approximate surface area is 298 Å². The molecule has 0 amide bonds. The predicted molar refractivity (Wildman–Crippen MR) is 202 cm³/mol. The highest BCUT2D eigenvalue weighted by atomic mass is 31.2. The molecule has 0 rings (SSSR count). The minimum Gasteiger partial charge on any atom is -0.462 e. The number of carbonyl (C=O) groups excluding carboxylic acids is 2. The van der Waals surface area contributed by atoms with Gasteiger partial charge in [-0.1, -0.05) is 132 Å². The van der Waals surface area contributed by atoms with Crippen molar-refractivity contribution in [3.63, 3.8) is 0 Å². The smallest absolute Gasteiger partial charge is 0.462 e. The number of rotatable bonds is 34. The molecular weight excluding hydrogens is 639 g/mol. The van der Waals surface area contributed by atoms with E-state index in [-0.39, 0.29) is 19.4 Å². The Morgan fingerprint density at radius 1 is 0.531 bits per heavy atom. The molecule has 0 heterocycles. The van der Waals surface area contributed by atoms with E-state index in [2.05, 4.69) is 79.1 Å². The monoisotopic (exact) mass is 708 g/mol. The summed E-state index contributed by atoms with van der Waals surface area (Å²) in [6, 6.07) is 0. The van der Waals surface area contributed by atoms with Crippen molar-refractivity contribution >= 4 is 19.8 Å². The number of hydrogen-bond donors (Lipinski definition) is 2. The lowest BCUT2D eigenvalue weighted by Gasteiger charge is -2.18. The minimum atomic E-state index is -4.76. The van der Waals surface area contributed by atoms with Gasteiger partial charge in [0.1, 0.15) is 6.61 Å². The minimum absolute atomic E-state index is 0.170. The Morgan fingerprint density at radius 3 is 1.49 bits per heavy atom. The van der Waals surface area contributed by atoms with Crippen LogP contribution in [-0.2, 0) is 28.2 Å². The molecule has 0 saturated heterocycles. The lowest BCUT2D eigenvalue weighted by Crippen LogP contribution is -2.29. The Bertz CT molecular complexity index is 979. The number of phosphoric acid groups is 1. The molecule has 0 saturated carbocycles. The fraction of sp³-hybridized carbons (Fsp3) is 0.700. The van der Waals surface area contributed by atoms with Crippen molar-refractivity contribution < 1.29 is 37.9 Å². The van der Waals surface area contributed by atoms with Gasteiger partial charge in [-0.05, 0) is 77.0 Å². The molecule has 0 spiro atoms. The first-order valence-corrected chi connectivity index (χ1v) is 20.6. The molecule has 9 heteroatoms. The van der Waals surface area contributed by atoms with Crippen LogP contribution in [0.25, 0.3) is 0 Å². The summed E-state index contributed by atoms with van der Waals surface area (Å²) in [6.45, 7) is 3.56. The molecule has 282 valence electrons. The van der Waals surface area contributed by atoms with Gasteiger partial charge in [-0.3, -0.25) is 14.1 Å². The third kappa shape index (κ3) is 38.4. The first kappa shape index (κ1) is 46.8. The fourth-order valence-corrected chi connectivity index (χ4v) is 5.25. The van der Waals surface area contributed by atoms with Gasteiger partial charge in [0, 0.05) is 12.8 Å². The maximum Gasteiger partial charge on any atom is 0.469 e. The molecule has 0 aliphatic carbocycles. The normalized spacial score (nSPS) is 13.1. The van der Waals surface area contributed by atoms with Crippen LogP contribution in [0.5, 0.6) is 0 Å². The molecule has 8 nitrogen and oxygen atoms in total. The van der Waals surface area contributed by atoms with Crippen LogP contribution in [0.4, 0.5) is 0 Å². The molecule has 0 bridgehead atoms. The summed E-state index contributed by atoms with van der Waals surface area (Å²) in [7, 11) is -4.76. The highest BCUT2D eigenvalue weighted by Crippen LogP contribution is 2.36. The van der Waals surface area contributed by atoms with Crippen molar-refractivity contribution in [2.75, 3.05) is 13.2 Å². The van der Waals surface area contributed by atoms with Crippen molar-refractivity contribution in [3.05, 3.63) is 60.8 Å². The van der Waals surface area contributed by atoms with Crippen molar-refractivity contribution in [1.29, 1.82) is 0 Å². The summed E-state index contributed by atoms with van der Waals surface area (Å²) < 4.78 is 26.3. The molecule has 0 fully saturated rings. The summed E-state index contributed by atoms with van der Waals surface area (Å²) in [5.41, 5.74) is 0. The van der Waals surface area contributed by atoms with Gasteiger partial charge in [-0.15, -0.1) is 0 Å². The predicted octanol–water partition coefficient (Wildman–Crippen LogP) is 11.3. The van der Waals surface area contributed by atoms with Crippen LogP contribution in [0.3, 0.4) is 0 Å². The van der Waals surface area contributed by atoms with Gasteiger partial charge in [0.25, 0.3) is 0 Å². The molecule has 0 aromatic heterocycles. The number of esters is 2. The fourth-order valence-electron chi connectivity index (χ4n) is 4.89. The van der Waals surface area contributed by atoms with E-state index in [1.54, 1.807) is 0 Å². The number of unbranched alkanes of at least 4 members (excludes halogenated alkanes) is 14. The Balaban J connectivity index is 4.06. The van der Waals surface area contributed by atoms with Gasteiger partial charge < -0.3 is 19.3 Å². The van der Waals surface area contributed by atoms with Crippen LogP contribution in [0, 0.1) is 0 Å². The number of allylic oxidation sites excluding steroid dienone is 10. The van der Waals surface area contributed by atoms with Gasteiger partial charge in [0.05, 0.1) is 6.61 Å². The van der Waals surface area contributed by atoms with Crippen molar-refractivity contribution in [1.82, 2.24) is 0 Å². The average Bonchev–Trinajstić information content (AvgIpc) is 3.07. The van der Waals surface area contributed by atoms with Crippen LogP contribution < -0.4 is 0 Å². The van der Waals surface area contributed by atoms with Crippen LogP contribution in [0.1, 0.15) is 162 Å². The maximum atomic E-state index is 12.4. The lowest BCUT2D eigenvalue weighted by molar-refractivity contribution is -0.161. The van der Waals surface area contributed by atoms with Crippen LogP contribution in [0.2, 0.25) is 0 Å². The number of ether oxygens (including phenoxy) is 2. The molecule has 0 aromatic carbocycles. The molecule has 2 N–H and O–H groups in total. The SMILES string of the molecule is CCC/C=C/C/C=C/C/C=C/C/C=C/CCCCCC(=O)O[C@H](COC(=O)CCCCCCC/C=C/CCCCCCC)COP(=O)(O)O. The zero-order chi connectivity index (χ0) is 36.1. The molecule has 0 aromatic rings. The van der Waals surface area contributed by atoms with Gasteiger partial charge in [-0.25, -0.2) is 4.57 Å². The highest BCUT2D eigenvalue weighted by Gasteiger charge is 2.22. The van der Waals surface area contributed by atoms with E-state index in [9.17, 15) is 14.2 Å². The second kappa shape index (κ2) is 35.6. The Kier molecular flexibility index (Phi) is 33.9. The second-order valence-electron chi connectivity index (χ2n) is 12.5. The second-order valence-corrected chi connectivity index (χ2v) is 13.8. The summed E-state index contributed by atoms with van der Waals surface area (Å²) >= 11 is 0. The lowest BCUT2D eigenvalue weighted by atomic mass is 10.1. The third-order valence-electron chi connectivity index (χ3n) is 7.74. The van der Waals surface area contributed by atoms with Crippen molar-refractivity contribution in [2.24, 2.45) is 0 Å². The summed E-state index contributed by atoms with van der Waals surface area (Å²) in [4.78, 5) is 42.7. The standard InChI is InChI=1S/C40H69O8P/c1-3-5-7-9-11-13-15-17-19-20-21-23-25-27-29-31-33-35-40(42)48-38(37-47-49(43,44)45)36-46-39(41)34-32-30-28-26-24-22-18-16-14-12-10-8-6-4-2/h7,9,13,15-16,18-20,23,25,38H,3-6,8,10-12,14,17,21-22,24,26-37H2,1-2H3,(H2,43,44,45)/b9-7+,15-13+,18-16+,20-19+,25-23+/t38-/m1/s1. The largest absolute Gasteiger partial charge is 0.469 e. The molecule has 0 aliphatic heterocycles. The van der Waals surface area contributed by atoms with Gasteiger partial charge in [0.2, 0.25) is 0 Å². The molecule has 0 aliphatic rings. The topological polar surface area (TPSA) is 119 Å². The third-order valence-corrected chi connectivity index (χ3v) is 8.23. The highest BCUT2D eigenvalue weighted by molar-refractivity contribution is 7.46. The first-order valence-electron chi connectivity index (χ1n) is 19.1. The molecular formula is C40H69O8P. The summed E-state index contributed by atoms with van der Waals surface area (Å²) in [5.74, 6) is -0.936. The van der Waals surface area contributed by atoms with E-state index in [0.717, 1.165) is 77.0 Å². The van der Waals surface area contributed by atoms with Crippen molar-refractivity contribution in [2.45, 2.75) is 168 Å². The van der Waals surface area contributed by atoms with Gasteiger partial charge >= 0.3 is 19.8 Å². The summed E-state index contributed by atoms with van der Waals surface area (Å²) in [6.07, 6.45) is 43.6. The van der Waals surface area contributed by atoms with E-state index in [1.807, 2.05) is 0 Å². The Morgan fingerprint density at radius 2 is 0.959 bits per heavy atom. The van der Waals surface area contributed by atoms with Gasteiger partial charge in [-0.2, -0.15) is 0 Å². The van der Waals surface area contributed by atoms with Crippen LogP contribution in [0.15, 0.2) is 60.8 Å². The van der Waals surface area contributed by atoms with E-state index >= 15 is 0 Å². The molecule has 0 unspecified atom stereocenters. The van der Waals surface area contributed by atoms with E-state index in [4.69, 9.17) is 19.3 Å². The van der Waals surface area contributed by atoms with Crippen LogP contribution >= 0.6 is 7.82 Å². The average molecular weight is 709 g/mol. The quantitative estimate of drug-likeness (QED) is 0.0293. The number of carbonyl (C=O) groups is 2. The molecule has 49 heavy (non-hydrogen) atoms. The zero-order valence-corrected chi connectivity index (χ0v) is 31.7. The van der Waals surface area contributed by atoms with Crippen LogP contribution in [-0.4, -0.2) is 41.0 Å². The number of phosphoric ester groups is 1. The molecule has 0 radical (unpaired) electrons. The van der Waals surface area contributed by atoms with E-state index < -0.39 is 32.5 Å².